The van der Waals surface area contributed by atoms with E-state index in [1.807, 2.05) is 30.3 Å². The molecule has 4 aromatic rings. The van der Waals surface area contributed by atoms with E-state index in [9.17, 15) is 27.6 Å². The van der Waals surface area contributed by atoms with Crippen LogP contribution in [0.25, 0.3) is 10.9 Å². The number of anilines is 1. The number of aliphatic imine (C=N–C) groups is 1. The second-order valence-corrected chi connectivity index (χ2v) is 10.7. The van der Waals surface area contributed by atoms with Gasteiger partial charge in [-0.25, -0.2) is 9.79 Å². The Morgan fingerprint density at radius 3 is 2.35 bits per heavy atom. The second-order valence-electron chi connectivity index (χ2n) is 10.7. The van der Waals surface area contributed by atoms with Crippen LogP contribution in [0.5, 0.6) is 0 Å². The predicted octanol–water partition coefficient (Wildman–Crippen LogP) is 5.19. The van der Waals surface area contributed by atoms with Gasteiger partial charge < -0.3 is 15.2 Å². The Morgan fingerprint density at radius 1 is 0.930 bits per heavy atom. The highest BCUT2D eigenvalue weighted by Crippen LogP contribution is 2.32. The van der Waals surface area contributed by atoms with E-state index in [-0.39, 0.29) is 17.2 Å². The Kier molecular flexibility index (Phi) is 7.47. The number of amides is 3. The van der Waals surface area contributed by atoms with Crippen molar-refractivity contribution in [2.75, 3.05) is 24.5 Å². The molecule has 0 saturated carbocycles. The summed E-state index contributed by atoms with van der Waals surface area (Å²) in [6.45, 7) is -0.935. The van der Waals surface area contributed by atoms with Gasteiger partial charge in [0, 0.05) is 35.3 Å². The van der Waals surface area contributed by atoms with Gasteiger partial charge in [-0.15, -0.1) is 0 Å². The maximum atomic E-state index is 13.7. The highest BCUT2D eigenvalue weighted by Gasteiger charge is 2.40. The zero-order valence-corrected chi connectivity index (χ0v) is 23.0. The molecule has 1 atom stereocenters. The van der Waals surface area contributed by atoms with Gasteiger partial charge in [-0.3, -0.25) is 14.5 Å². The van der Waals surface area contributed by atoms with Gasteiger partial charge in [0.1, 0.15) is 6.54 Å². The van der Waals surface area contributed by atoms with Crippen LogP contribution in [-0.4, -0.2) is 59.5 Å². The third-order valence-corrected chi connectivity index (χ3v) is 7.86. The summed E-state index contributed by atoms with van der Waals surface area (Å²) in [6, 6.07) is 23.9. The smallest absolute Gasteiger partial charge is 0.325 e. The number of nitrogens with zero attached hydrogens (tertiary/aromatic N) is 3. The molecule has 220 valence electrons. The monoisotopic (exact) mass is 587 g/mol. The maximum Gasteiger partial charge on any atom is 0.406 e. The molecule has 1 aromatic heterocycles. The van der Waals surface area contributed by atoms with Gasteiger partial charge in [0.15, 0.2) is 0 Å². The summed E-state index contributed by atoms with van der Waals surface area (Å²) in [7, 11) is 0. The van der Waals surface area contributed by atoms with Crippen molar-refractivity contribution in [3.63, 3.8) is 0 Å². The van der Waals surface area contributed by atoms with Gasteiger partial charge in [0.05, 0.1) is 11.4 Å². The van der Waals surface area contributed by atoms with Crippen molar-refractivity contribution in [2.24, 2.45) is 4.99 Å². The number of piperidine rings is 1. The number of aromatic amines is 1. The van der Waals surface area contributed by atoms with Crippen molar-refractivity contribution < 1.29 is 22.8 Å². The Morgan fingerprint density at radius 2 is 1.60 bits per heavy atom. The number of alkyl halides is 3. The maximum absolute atomic E-state index is 13.7. The largest absolute Gasteiger partial charge is 0.406 e. The summed E-state index contributed by atoms with van der Waals surface area (Å²) in [5, 5.41) is 3.51. The number of carbonyl (C=O) groups is 2. The van der Waals surface area contributed by atoms with Gasteiger partial charge >= 0.3 is 12.2 Å². The number of benzodiazepines with no additional fused rings is 1. The molecule has 6 rings (SSSR count). The van der Waals surface area contributed by atoms with Gasteiger partial charge in [0.25, 0.3) is 11.5 Å². The Labute approximate surface area is 244 Å². The number of aromatic nitrogens is 1. The summed E-state index contributed by atoms with van der Waals surface area (Å²) in [4.78, 5) is 49.4. The first-order valence-corrected chi connectivity index (χ1v) is 14.0. The van der Waals surface area contributed by atoms with Crippen LogP contribution >= 0.6 is 0 Å². The number of hydrogen-bond donors (Lipinski definition) is 2. The normalized spacial score (nSPS) is 17.8. The number of benzene rings is 3. The number of urea groups is 1. The Balaban J connectivity index is 1.25. The van der Waals surface area contributed by atoms with Crippen molar-refractivity contribution in [1.29, 1.82) is 0 Å². The van der Waals surface area contributed by atoms with Crippen molar-refractivity contribution in [2.45, 2.75) is 31.1 Å². The lowest BCUT2D eigenvalue weighted by Crippen LogP contribution is -2.54. The number of rotatable bonds is 4. The van der Waals surface area contributed by atoms with Crippen LogP contribution in [0.15, 0.2) is 94.7 Å². The molecule has 2 aliphatic rings. The van der Waals surface area contributed by atoms with Crippen LogP contribution < -0.4 is 15.8 Å². The van der Waals surface area contributed by atoms with Crippen LogP contribution in [0.2, 0.25) is 0 Å². The SMILES string of the molecule is O=C(N[C@@H]1N=C(c2ccccc2)c2ccccc2N(CC(F)(F)F)C1=O)N1CCC(c2cc3ccccc3[nH]c2=O)CC1. The minimum absolute atomic E-state index is 0.0607. The molecule has 43 heavy (non-hydrogen) atoms. The number of likely N-dealkylation sites (tertiary alicyclic amines) is 1. The molecule has 3 heterocycles. The molecule has 1 fully saturated rings. The minimum atomic E-state index is -4.68. The molecule has 0 radical (unpaired) electrons. The Hall–Kier alpha value is -4.93. The second kappa shape index (κ2) is 11.4. The summed E-state index contributed by atoms with van der Waals surface area (Å²) >= 11 is 0. The first-order chi connectivity index (χ1) is 20.7. The Bertz CT molecular complexity index is 1760. The summed E-state index contributed by atoms with van der Waals surface area (Å²) in [6.07, 6.45) is -5.25. The lowest BCUT2D eigenvalue weighted by molar-refractivity contribution is -0.133. The number of H-pyrrole nitrogens is 1. The molecule has 1 saturated heterocycles. The number of nitrogens with one attached hydrogen (secondary N) is 2. The summed E-state index contributed by atoms with van der Waals surface area (Å²) < 4.78 is 41.0. The molecule has 2 aliphatic heterocycles. The fraction of sp³-hybridized carbons (Fsp3) is 0.250. The van der Waals surface area contributed by atoms with Crippen molar-refractivity contribution in [3.8, 4) is 0 Å². The average molecular weight is 588 g/mol. The highest BCUT2D eigenvalue weighted by molar-refractivity contribution is 6.20. The molecule has 3 aromatic carbocycles. The number of carbonyl (C=O) groups excluding carboxylic acids is 2. The third kappa shape index (κ3) is 5.88. The average Bonchev–Trinajstić information content (AvgIpc) is 3.11. The minimum Gasteiger partial charge on any atom is -0.325 e. The van der Waals surface area contributed by atoms with E-state index >= 15 is 0 Å². The van der Waals surface area contributed by atoms with Crippen LogP contribution in [-0.2, 0) is 4.79 Å². The standard InChI is InChI=1S/C32H28F3N5O3/c33-32(34,35)19-40-26-13-7-5-11-23(26)27(21-8-2-1-3-9-21)37-28(30(40)42)38-31(43)39-16-14-20(15-17-39)24-18-22-10-4-6-12-25(22)36-29(24)41/h1-13,18,20,28H,14-17,19H2,(H,36,41)(H,38,43)/t28-/m0/s1. The highest BCUT2D eigenvalue weighted by atomic mass is 19.4. The molecule has 8 nitrogen and oxygen atoms in total. The molecule has 0 spiro atoms. The number of pyridine rings is 1. The van der Waals surface area contributed by atoms with Gasteiger partial charge in [0.2, 0.25) is 6.17 Å². The van der Waals surface area contributed by atoms with Crippen LogP contribution in [0.3, 0.4) is 0 Å². The zero-order chi connectivity index (χ0) is 30.1. The first kappa shape index (κ1) is 28.2. The topological polar surface area (TPSA) is 97.9 Å². The molecule has 0 bridgehead atoms. The fourth-order valence-electron chi connectivity index (χ4n) is 5.76. The molecule has 2 N–H and O–H groups in total. The molecule has 0 unspecified atom stereocenters. The van der Waals surface area contributed by atoms with E-state index in [2.05, 4.69) is 15.3 Å². The van der Waals surface area contributed by atoms with E-state index in [0.29, 0.717) is 53.2 Å². The van der Waals surface area contributed by atoms with Crippen LogP contribution in [0.1, 0.15) is 35.4 Å². The van der Waals surface area contributed by atoms with E-state index in [1.165, 1.54) is 11.0 Å². The summed E-state index contributed by atoms with van der Waals surface area (Å²) in [5.41, 5.74) is 2.53. The van der Waals surface area contributed by atoms with E-state index in [0.717, 1.165) is 10.9 Å². The predicted molar refractivity (Wildman–Crippen MR) is 157 cm³/mol. The van der Waals surface area contributed by atoms with Crippen molar-refractivity contribution >= 4 is 34.2 Å². The first-order valence-electron chi connectivity index (χ1n) is 14.0. The number of hydrogen-bond acceptors (Lipinski definition) is 4. The number of fused-ring (bicyclic) bond motifs is 2. The number of para-hydroxylation sites is 2. The van der Waals surface area contributed by atoms with E-state index < -0.39 is 30.8 Å². The van der Waals surface area contributed by atoms with Gasteiger partial charge in [-0.05, 0) is 42.3 Å². The van der Waals surface area contributed by atoms with Crippen LogP contribution in [0, 0.1) is 0 Å². The summed E-state index contributed by atoms with van der Waals surface area (Å²) in [5.74, 6) is -1.06. The molecule has 3 amide bonds. The quantitative estimate of drug-likeness (QED) is 0.344. The van der Waals surface area contributed by atoms with Crippen molar-refractivity contribution in [1.82, 2.24) is 15.2 Å². The molecule has 11 heteroatoms. The van der Waals surface area contributed by atoms with E-state index in [4.69, 9.17) is 0 Å². The third-order valence-electron chi connectivity index (χ3n) is 7.86. The molecule has 0 aliphatic carbocycles. The number of halogens is 3. The molecular weight excluding hydrogens is 559 g/mol. The van der Waals surface area contributed by atoms with Crippen LogP contribution in [0.4, 0.5) is 23.7 Å². The lowest BCUT2D eigenvalue weighted by Gasteiger charge is -2.33. The van der Waals surface area contributed by atoms with E-state index in [1.54, 1.807) is 48.5 Å². The zero-order valence-electron chi connectivity index (χ0n) is 23.0. The lowest BCUT2D eigenvalue weighted by atomic mass is 9.89. The van der Waals surface area contributed by atoms with Crippen molar-refractivity contribution in [3.05, 3.63) is 112 Å². The van der Waals surface area contributed by atoms with Gasteiger partial charge in [-0.2, -0.15) is 13.2 Å². The van der Waals surface area contributed by atoms with Gasteiger partial charge in [-0.1, -0.05) is 66.7 Å². The fourth-order valence-corrected chi connectivity index (χ4v) is 5.76. The molecular formula is C32H28F3N5O3.